The molecule has 0 spiro atoms. The maximum absolute atomic E-state index is 5.46. The van der Waals surface area contributed by atoms with Gasteiger partial charge in [0.2, 0.25) is 0 Å². The predicted octanol–water partition coefficient (Wildman–Crippen LogP) is 8.68. The first kappa shape index (κ1) is 27.4. The van der Waals surface area contributed by atoms with Crippen molar-refractivity contribution in [2.24, 2.45) is 23.7 Å². The Labute approximate surface area is 230 Å². The molecule has 5 unspecified atom stereocenters. The zero-order valence-corrected chi connectivity index (χ0v) is 25.3. The molecule has 1 aliphatic heterocycles. The Morgan fingerprint density at radius 2 is 1.37 bits per heavy atom. The van der Waals surface area contributed by atoms with Crippen LogP contribution in [0.2, 0.25) is 18.6 Å². The van der Waals surface area contributed by atoms with Gasteiger partial charge < -0.3 is 17.3 Å². The van der Waals surface area contributed by atoms with E-state index in [1.807, 2.05) is 0 Å². The second-order valence-corrected chi connectivity index (χ2v) is 18.1. The van der Waals surface area contributed by atoms with Crippen LogP contribution in [0.4, 0.5) is 0 Å². The summed E-state index contributed by atoms with van der Waals surface area (Å²) in [5.74, 6) is 2.52. The molecule has 6 rings (SSSR count). The van der Waals surface area contributed by atoms with Gasteiger partial charge in [0, 0.05) is 6.04 Å². The molecule has 2 nitrogen and oxygen atoms in total. The Kier molecular flexibility index (Phi) is 8.30. The average molecular weight is 559 g/mol. The summed E-state index contributed by atoms with van der Waals surface area (Å²) in [4.78, 5) is 0. The van der Waals surface area contributed by atoms with Gasteiger partial charge in [0.1, 0.15) is 8.24 Å². The van der Waals surface area contributed by atoms with E-state index in [1.54, 1.807) is 0 Å². The number of halogens is 2. The van der Waals surface area contributed by atoms with Crippen LogP contribution in [-0.2, 0) is 17.0 Å². The molecule has 0 N–H and O–H groups in total. The standard InChI is InChI=1S/C28H33N2Si.CH3.2ClH.Ti/c1-28(2)29-26-20-12-6-5-11-19(20)17-18-25(26)30(28)31(3,4)27-23-15-9-7-13-21(23)22-14-8-10-16-24(22)27;;;;/h5-18,21-27H,1-4H3;1H3;2*1H;/q2*-1;;;+2/p-2/t21?,22?,23?,24?,25-,26?,27?;;;;/m1..../s1. The van der Waals surface area contributed by atoms with Crippen molar-refractivity contribution in [3.63, 3.8) is 0 Å². The molecule has 1 saturated heterocycles. The van der Waals surface area contributed by atoms with Crippen molar-refractivity contribution in [1.29, 1.82) is 0 Å². The molecule has 1 heterocycles. The molecule has 1 aromatic carbocycles. The van der Waals surface area contributed by atoms with Crippen molar-refractivity contribution in [2.45, 2.75) is 50.2 Å². The van der Waals surface area contributed by atoms with Crippen LogP contribution in [0, 0.1) is 31.1 Å². The van der Waals surface area contributed by atoms with Crippen LogP contribution < -0.4 is 0 Å². The molecule has 1 aromatic rings. The number of rotatable bonds is 2. The Morgan fingerprint density at radius 3 is 1.94 bits per heavy atom. The number of fused-ring (bicyclic) bond motifs is 6. The molecule has 6 heteroatoms. The molecule has 0 amide bonds. The third-order valence-electron chi connectivity index (χ3n) is 8.61. The van der Waals surface area contributed by atoms with Crippen LogP contribution in [-0.4, -0.2) is 24.5 Å². The molecule has 1 saturated carbocycles. The second kappa shape index (κ2) is 10.6. The summed E-state index contributed by atoms with van der Waals surface area (Å²) in [5, 5.41) is 5.46. The van der Waals surface area contributed by atoms with Crippen LogP contribution in [0.25, 0.3) is 11.4 Å². The SMILES string of the molecule is CC1(C)[N-]C2c3ccccc3C=C[C@H]2N1[Si](C)(C)C1C2C=CC=CC2C2C=CC=CC21.[CH3-].[Cl][Ti][Cl]. The van der Waals surface area contributed by atoms with Crippen molar-refractivity contribution in [1.82, 2.24) is 4.57 Å². The summed E-state index contributed by atoms with van der Waals surface area (Å²) in [6, 6.07) is 9.46. The molecule has 0 aromatic heterocycles. The number of nitrogens with zero attached hydrogens (tertiary/aromatic N) is 2. The van der Waals surface area contributed by atoms with E-state index in [9.17, 15) is 0 Å². The van der Waals surface area contributed by atoms with E-state index in [-0.39, 0.29) is 19.1 Å². The number of benzene rings is 1. The number of hydrogen-bond acceptors (Lipinski definition) is 1. The predicted molar refractivity (Wildman–Crippen MR) is 151 cm³/mol. The van der Waals surface area contributed by atoms with E-state index in [0.717, 1.165) is 0 Å². The first-order valence-corrected chi connectivity index (χ1v) is 19.6. The van der Waals surface area contributed by atoms with Crippen LogP contribution in [0.3, 0.4) is 0 Å². The molecule has 0 radical (unpaired) electrons. The van der Waals surface area contributed by atoms with E-state index in [0.29, 0.717) is 35.3 Å². The maximum atomic E-state index is 5.46. The van der Waals surface area contributed by atoms with Gasteiger partial charge in [0.15, 0.2) is 0 Å². The van der Waals surface area contributed by atoms with Crippen molar-refractivity contribution < 1.29 is 17.0 Å². The minimum absolute atomic E-state index is 0. The Hall–Kier alpha value is -0.649. The van der Waals surface area contributed by atoms with E-state index in [2.05, 4.69) is 117 Å². The summed E-state index contributed by atoms with van der Waals surface area (Å²) >= 11 is -0.556. The van der Waals surface area contributed by atoms with Crippen molar-refractivity contribution in [3.05, 3.63) is 103 Å². The second-order valence-electron chi connectivity index (χ2n) is 11.0. The van der Waals surface area contributed by atoms with Gasteiger partial charge in [-0.15, -0.1) is 0 Å². The van der Waals surface area contributed by atoms with Crippen molar-refractivity contribution in [2.75, 3.05) is 0 Å². The summed E-state index contributed by atoms with van der Waals surface area (Å²) in [6.45, 7) is 9.97. The molecule has 6 atom stereocenters. The van der Waals surface area contributed by atoms with Gasteiger partial charge in [0.05, 0.1) is 0 Å². The van der Waals surface area contributed by atoms with Crippen molar-refractivity contribution >= 4 is 32.9 Å². The summed E-state index contributed by atoms with van der Waals surface area (Å²) < 4.78 is 2.89. The van der Waals surface area contributed by atoms with Crippen molar-refractivity contribution in [3.8, 4) is 0 Å². The van der Waals surface area contributed by atoms with Crippen LogP contribution in [0.5, 0.6) is 0 Å². The quantitative estimate of drug-likeness (QED) is 0.262. The van der Waals surface area contributed by atoms with Crippen LogP contribution >= 0.6 is 18.6 Å². The van der Waals surface area contributed by atoms with Crippen LogP contribution in [0.1, 0.15) is 31.0 Å². The van der Waals surface area contributed by atoms with Crippen LogP contribution in [0.15, 0.2) is 78.9 Å². The fourth-order valence-corrected chi connectivity index (χ4v) is 13.1. The number of hydrogen-bond donors (Lipinski definition) is 0. The molecule has 2 fully saturated rings. The van der Waals surface area contributed by atoms with E-state index in [1.165, 1.54) is 11.1 Å². The fraction of sp³-hybridized carbons (Fsp3) is 0.414. The van der Waals surface area contributed by atoms with E-state index in [4.69, 9.17) is 23.9 Å². The molecule has 186 valence electrons. The number of allylic oxidation sites excluding steroid dienone is 8. The molecule has 5 aliphatic rings. The van der Waals surface area contributed by atoms with Gasteiger partial charge in [-0.1, -0.05) is 129 Å². The van der Waals surface area contributed by atoms with Gasteiger partial charge >= 0.3 is 35.6 Å². The molecular weight excluding hydrogens is 523 g/mol. The zero-order chi connectivity index (χ0) is 24.1. The normalized spacial score (nSPS) is 35.2. The van der Waals surface area contributed by atoms with Gasteiger partial charge in [-0.3, -0.25) is 0 Å². The Morgan fingerprint density at radius 1 is 0.857 bits per heavy atom. The summed E-state index contributed by atoms with van der Waals surface area (Å²) in [7, 11) is 7.88. The summed E-state index contributed by atoms with van der Waals surface area (Å²) in [6.07, 6.45) is 23.9. The zero-order valence-electron chi connectivity index (χ0n) is 21.3. The molecular formula is C29H36Cl2N2SiTi-2. The molecule has 35 heavy (non-hydrogen) atoms. The first-order chi connectivity index (χ1) is 16.3. The fourth-order valence-electron chi connectivity index (χ4n) is 7.78. The Bertz CT molecular complexity index is 1040. The van der Waals surface area contributed by atoms with Gasteiger partial charge in [-0.05, 0) is 34.8 Å². The summed E-state index contributed by atoms with van der Waals surface area (Å²) in [5.41, 5.74) is 3.27. The average Bonchev–Trinajstić information content (AvgIpc) is 3.31. The first-order valence-electron chi connectivity index (χ1n) is 12.3. The monoisotopic (exact) mass is 558 g/mol. The molecule has 4 aliphatic carbocycles. The van der Waals surface area contributed by atoms with Gasteiger partial charge in [0.25, 0.3) is 0 Å². The van der Waals surface area contributed by atoms with E-state index < -0.39 is 25.3 Å². The third kappa shape index (κ3) is 4.61. The topological polar surface area (TPSA) is 17.3 Å². The van der Waals surface area contributed by atoms with Gasteiger partial charge in [-0.2, -0.15) is 0 Å². The van der Waals surface area contributed by atoms with E-state index >= 15 is 0 Å². The van der Waals surface area contributed by atoms with Gasteiger partial charge in [-0.25, -0.2) is 0 Å². The third-order valence-corrected chi connectivity index (χ3v) is 13.1. The minimum atomic E-state index is -1.90. The Balaban J connectivity index is 0.000000689. The molecule has 0 bridgehead atoms.